The average molecular weight is 334 g/mol. The van der Waals surface area contributed by atoms with Gasteiger partial charge in [-0.15, -0.1) is 0 Å². The van der Waals surface area contributed by atoms with Gasteiger partial charge in [-0.05, 0) is 44.4 Å². The molecule has 1 heterocycles. The second kappa shape index (κ2) is 7.34. The van der Waals surface area contributed by atoms with Crippen molar-refractivity contribution in [2.45, 2.75) is 58.8 Å². The van der Waals surface area contributed by atoms with Crippen LogP contribution in [0.1, 0.15) is 40.5 Å². The lowest BCUT2D eigenvalue weighted by molar-refractivity contribution is -0.152. The fraction of sp³-hybridized carbons (Fsp3) is 0.579. The smallest absolute Gasteiger partial charge is 0.334 e. The molecule has 132 valence electrons. The van der Waals surface area contributed by atoms with E-state index in [9.17, 15) is 14.7 Å². The van der Waals surface area contributed by atoms with Gasteiger partial charge in [0.25, 0.3) is 0 Å². The third-order valence-electron chi connectivity index (χ3n) is 4.55. The number of hydrogen-bond acceptors (Lipinski definition) is 5. The van der Waals surface area contributed by atoms with E-state index in [-0.39, 0.29) is 11.9 Å². The van der Waals surface area contributed by atoms with E-state index in [2.05, 4.69) is 6.58 Å². The first-order chi connectivity index (χ1) is 11.2. The van der Waals surface area contributed by atoms with E-state index in [1.54, 1.807) is 19.9 Å². The van der Waals surface area contributed by atoms with Crippen molar-refractivity contribution in [3.63, 3.8) is 0 Å². The van der Waals surface area contributed by atoms with E-state index >= 15 is 0 Å². The van der Waals surface area contributed by atoms with Crippen LogP contribution in [-0.4, -0.2) is 35.4 Å². The molecule has 1 fully saturated rings. The molecule has 1 saturated heterocycles. The summed E-state index contributed by atoms with van der Waals surface area (Å²) in [6, 6.07) is 0. The minimum absolute atomic E-state index is 0.266. The van der Waals surface area contributed by atoms with Crippen molar-refractivity contribution in [3.05, 3.63) is 35.5 Å². The number of carbonyl (C=O) groups excluding carboxylic acids is 2. The minimum atomic E-state index is -0.608. The molecule has 0 aromatic carbocycles. The van der Waals surface area contributed by atoms with Gasteiger partial charge in [-0.1, -0.05) is 26.0 Å². The molecule has 24 heavy (non-hydrogen) atoms. The van der Waals surface area contributed by atoms with E-state index < -0.39 is 30.2 Å². The van der Waals surface area contributed by atoms with E-state index in [0.29, 0.717) is 18.4 Å². The Morgan fingerprint density at radius 3 is 2.67 bits per heavy atom. The van der Waals surface area contributed by atoms with Crippen LogP contribution in [0.15, 0.2) is 35.5 Å². The molecule has 0 bridgehead atoms. The van der Waals surface area contributed by atoms with Crippen LogP contribution in [-0.2, 0) is 19.1 Å². The number of rotatable bonds is 2. The molecule has 1 N–H and O–H groups in total. The van der Waals surface area contributed by atoms with E-state index in [4.69, 9.17) is 9.47 Å². The topological polar surface area (TPSA) is 72.8 Å². The molecule has 5 heteroatoms. The Morgan fingerprint density at radius 1 is 1.38 bits per heavy atom. The number of aliphatic hydroxyl groups excluding tert-OH is 1. The molecule has 0 aromatic rings. The molecule has 1 aliphatic heterocycles. The summed E-state index contributed by atoms with van der Waals surface area (Å²) < 4.78 is 11.0. The van der Waals surface area contributed by atoms with Crippen LogP contribution in [0.3, 0.4) is 0 Å². The highest BCUT2D eigenvalue weighted by Crippen LogP contribution is 2.35. The summed E-state index contributed by atoms with van der Waals surface area (Å²) in [6.07, 6.45) is 3.07. The summed E-state index contributed by atoms with van der Waals surface area (Å²) in [5.41, 5.74) is 2.04. The summed E-state index contributed by atoms with van der Waals surface area (Å²) in [5.74, 6) is -1.56. The van der Waals surface area contributed by atoms with E-state index in [0.717, 1.165) is 11.1 Å². The third-order valence-corrected chi connectivity index (χ3v) is 4.55. The highest BCUT2D eigenvalue weighted by Gasteiger charge is 2.44. The van der Waals surface area contributed by atoms with Gasteiger partial charge in [-0.25, -0.2) is 4.79 Å². The molecule has 2 aliphatic rings. The number of ether oxygens (including phenoxy) is 2. The van der Waals surface area contributed by atoms with Gasteiger partial charge in [-0.2, -0.15) is 0 Å². The van der Waals surface area contributed by atoms with Crippen LogP contribution in [0.2, 0.25) is 0 Å². The van der Waals surface area contributed by atoms with E-state index in [1.165, 1.54) is 0 Å². The largest absolute Gasteiger partial charge is 0.457 e. The predicted molar refractivity (Wildman–Crippen MR) is 90.0 cm³/mol. The van der Waals surface area contributed by atoms with Gasteiger partial charge >= 0.3 is 11.9 Å². The first-order valence-electron chi connectivity index (χ1n) is 8.34. The molecule has 0 radical (unpaired) electrons. The molecule has 0 unspecified atom stereocenters. The van der Waals surface area contributed by atoms with Crippen molar-refractivity contribution < 1.29 is 24.2 Å². The summed E-state index contributed by atoms with van der Waals surface area (Å²) >= 11 is 0. The third kappa shape index (κ3) is 3.96. The monoisotopic (exact) mass is 334 g/mol. The second-order valence-electron chi connectivity index (χ2n) is 6.96. The SMILES string of the molecule is C=C1C(=O)O[C@@H]2/C=C(/C)[C@H](O)CC/C(C)=C\[C@@H](OC(=O)C(C)C)[C@H]12. The molecule has 2 rings (SSSR count). The van der Waals surface area contributed by atoms with Gasteiger partial charge in [0, 0.05) is 5.57 Å². The molecule has 0 spiro atoms. The normalized spacial score (nSPS) is 35.4. The summed E-state index contributed by atoms with van der Waals surface area (Å²) in [4.78, 5) is 24.1. The van der Waals surface area contributed by atoms with Gasteiger partial charge in [0.15, 0.2) is 0 Å². The van der Waals surface area contributed by atoms with Crippen LogP contribution in [0.4, 0.5) is 0 Å². The van der Waals surface area contributed by atoms with Crippen molar-refractivity contribution in [1.29, 1.82) is 0 Å². The zero-order chi connectivity index (χ0) is 18.0. The quantitative estimate of drug-likeness (QED) is 0.477. The zero-order valence-electron chi connectivity index (χ0n) is 14.7. The molecule has 0 aromatic heterocycles. The number of esters is 2. The summed E-state index contributed by atoms with van der Waals surface area (Å²) in [5, 5.41) is 10.2. The zero-order valence-corrected chi connectivity index (χ0v) is 14.7. The first kappa shape index (κ1) is 18.5. The lowest BCUT2D eigenvalue weighted by atomic mass is 9.86. The van der Waals surface area contributed by atoms with Crippen LogP contribution >= 0.6 is 0 Å². The molecule has 5 nitrogen and oxygen atoms in total. The number of allylic oxidation sites excluding steroid dienone is 1. The molecule has 0 saturated carbocycles. The van der Waals surface area contributed by atoms with Crippen LogP contribution in [0.25, 0.3) is 0 Å². The van der Waals surface area contributed by atoms with Gasteiger partial charge in [0.2, 0.25) is 0 Å². The maximum atomic E-state index is 12.1. The Kier molecular flexibility index (Phi) is 5.65. The van der Waals surface area contributed by atoms with Crippen molar-refractivity contribution in [1.82, 2.24) is 0 Å². The molecular formula is C19H26O5. The highest BCUT2D eigenvalue weighted by molar-refractivity contribution is 5.91. The summed E-state index contributed by atoms with van der Waals surface area (Å²) in [6.45, 7) is 11.1. The lowest BCUT2D eigenvalue weighted by Crippen LogP contribution is -2.33. The minimum Gasteiger partial charge on any atom is -0.457 e. The Bertz CT molecular complexity index is 599. The first-order valence-corrected chi connectivity index (χ1v) is 8.34. The average Bonchev–Trinajstić information content (AvgIpc) is 2.77. The Hall–Kier alpha value is -1.88. The van der Waals surface area contributed by atoms with E-state index in [1.807, 2.05) is 19.9 Å². The second-order valence-corrected chi connectivity index (χ2v) is 6.96. The predicted octanol–water partition coefficient (Wildman–Crippen LogP) is 2.70. The van der Waals surface area contributed by atoms with Crippen LogP contribution in [0.5, 0.6) is 0 Å². The van der Waals surface area contributed by atoms with Gasteiger partial charge in [0.1, 0.15) is 12.2 Å². The molecule has 0 amide bonds. The van der Waals surface area contributed by atoms with Crippen molar-refractivity contribution >= 4 is 11.9 Å². The Balaban J connectivity index is 2.43. The van der Waals surface area contributed by atoms with Crippen molar-refractivity contribution in [2.24, 2.45) is 11.8 Å². The fourth-order valence-corrected chi connectivity index (χ4v) is 2.94. The number of carbonyl (C=O) groups is 2. The number of hydrogen-bond donors (Lipinski definition) is 1. The number of fused-ring (bicyclic) bond motifs is 1. The van der Waals surface area contributed by atoms with Crippen LogP contribution in [0, 0.1) is 11.8 Å². The Morgan fingerprint density at radius 2 is 2.04 bits per heavy atom. The number of aliphatic hydroxyl groups is 1. The molecule has 1 aliphatic carbocycles. The van der Waals surface area contributed by atoms with Crippen LogP contribution < -0.4 is 0 Å². The molecular weight excluding hydrogens is 308 g/mol. The maximum absolute atomic E-state index is 12.1. The van der Waals surface area contributed by atoms with Crippen molar-refractivity contribution in [3.8, 4) is 0 Å². The lowest BCUT2D eigenvalue weighted by Gasteiger charge is -2.27. The molecule has 4 atom stereocenters. The fourth-order valence-electron chi connectivity index (χ4n) is 2.94. The highest BCUT2D eigenvalue weighted by atomic mass is 16.6. The van der Waals surface area contributed by atoms with Gasteiger partial charge < -0.3 is 14.6 Å². The van der Waals surface area contributed by atoms with Crippen molar-refractivity contribution in [2.75, 3.05) is 0 Å². The maximum Gasteiger partial charge on any atom is 0.334 e. The Labute approximate surface area is 143 Å². The standard InChI is InChI=1S/C19H26O5/c1-10(2)18(21)23-15-8-11(3)6-7-14(20)12(4)9-16-17(15)13(5)19(22)24-16/h8-10,14-17,20H,5-7H2,1-4H3/b11-8-,12-9-/t14-,15-,16-,17+/m1/s1. The summed E-state index contributed by atoms with van der Waals surface area (Å²) in [7, 11) is 0. The van der Waals surface area contributed by atoms with Gasteiger partial charge in [-0.3, -0.25) is 4.79 Å². The van der Waals surface area contributed by atoms with Gasteiger partial charge in [0.05, 0.1) is 17.9 Å².